The van der Waals surface area contributed by atoms with E-state index in [1.54, 1.807) is 13.0 Å². The number of hydrogen-bond donors (Lipinski definition) is 2. The van der Waals surface area contributed by atoms with Gasteiger partial charge in [0.25, 0.3) is 11.6 Å². The standard InChI is InChI=1S/C11H14N2O4/c1-7-3-4-10(13(16)17)9(5-7)11(15)12-6-8(2)14/h3-5,8,14H,6H2,1-2H3,(H,12,15)/t8-/m1/s1. The molecular formula is C11H14N2O4. The Bertz CT molecular complexity index is 443. The van der Waals surface area contributed by atoms with E-state index in [0.717, 1.165) is 5.56 Å². The Morgan fingerprint density at radius 1 is 1.59 bits per heavy atom. The van der Waals surface area contributed by atoms with Crippen molar-refractivity contribution < 1.29 is 14.8 Å². The quantitative estimate of drug-likeness (QED) is 0.605. The van der Waals surface area contributed by atoms with Crippen molar-refractivity contribution in [1.29, 1.82) is 0 Å². The monoisotopic (exact) mass is 238 g/mol. The van der Waals surface area contributed by atoms with E-state index < -0.39 is 16.9 Å². The van der Waals surface area contributed by atoms with Crippen LogP contribution in [0.15, 0.2) is 18.2 Å². The lowest BCUT2D eigenvalue weighted by Gasteiger charge is -2.08. The zero-order chi connectivity index (χ0) is 13.0. The lowest BCUT2D eigenvalue weighted by molar-refractivity contribution is -0.385. The summed E-state index contributed by atoms with van der Waals surface area (Å²) in [6.45, 7) is 3.32. The Morgan fingerprint density at radius 2 is 2.24 bits per heavy atom. The van der Waals surface area contributed by atoms with E-state index in [-0.39, 0.29) is 17.8 Å². The molecule has 0 radical (unpaired) electrons. The highest BCUT2D eigenvalue weighted by Crippen LogP contribution is 2.19. The molecule has 0 unspecified atom stereocenters. The van der Waals surface area contributed by atoms with Crippen LogP contribution >= 0.6 is 0 Å². The Labute approximate surface area is 98.4 Å². The molecule has 0 aliphatic carbocycles. The minimum Gasteiger partial charge on any atom is -0.392 e. The first-order chi connectivity index (χ1) is 7.91. The summed E-state index contributed by atoms with van der Waals surface area (Å²) >= 11 is 0. The summed E-state index contributed by atoms with van der Waals surface area (Å²) in [5, 5.41) is 22.2. The summed E-state index contributed by atoms with van der Waals surface area (Å²) in [4.78, 5) is 21.9. The Balaban J connectivity index is 2.98. The molecule has 0 saturated carbocycles. The van der Waals surface area contributed by atoms with Gasteiger partial charge in [-0.15, -0.1) is 0 Å². The van der Waals surface area contributed by atoms with Gasteiger partial charge in [0.05, 0.1) is 11.0 Å². The highest BCUT2D eigenvalue weighted by molar-refractivity contribution is 5.98. The zero-order valence-electron chi connectivity index (χ0n) is 9.64. The summed E-state index contributed by atoms with van der Waals surface area (Å²) in [6, 6.07) is 4.33. The van der Waals surface area contributed by atoms with Gasteiger partial charge in [-0.1, -0.05) is 6.07 Å². The lowest BCUT2D eigenvalue weighted by Crippen LogP contribution is -2.31. The fourth-order valence-electron chi connectivity index (χ4n) is 1.33. The van der Waals surface area contributed by atoms with E-state index in [1.807, 2.05) is 0 Å². The Hall–Kier alpha value is -1.95. The van der Waals surface area contributed by atoms with Crippen LogP contribution in [0.25, 0.3) is 0 Å². The molecule has 1 amide bonds. The van der Waals surface area contributed by atoms with Gasteiger partial charge in [-0.3, -0.25) is 14.9 Å². The predicted molar refractivity (Wildman–Crippen MR) is 61.8 cm³/mol. The van der Waals surface area contributed by atoms with Gasteiger partial charge >= 0.3 is 0 Å². The SMILES string of the molecule is Cc1ccc([N+](=O)[O-])c(C(=O)NC[C@@H](C)O)c1. The van der Waals surface area contributed by atoms with E-state index in [2.05, 4.69) is 5.32 Å². The van der Waals surface area contributed by atoms with Crippen molar-refractivity contribution >= 4 is 11.6 Å². The number of nitro benzene ring substituents is 1. The molecule has 17 heavy (non-hydrogen) atoms. The van der Waals surface area contributed by atoms with Crippen molar-refractivity contribution in [3.8, 4) is 0 Å². The molecular weight excluding hydrogens is 224 g/mol. The third kappa shape index (κ3) is 3.53. The van der Waals surface area contributed by atoms with Gasteiger partial charge in [-0.2, -0.15) is 0 Å². The third-order valence-corrected chi connectivity index (χ3v) is 2.15. The molecule has 92 valence electrons. The van der Waals surface area contributed by atoms with E-state index in [4.69, 9.17) is 5.11 Å². The van der Waals surface area contributed by atoms with Gasteiger partial charge in [0.1, 0.15) is 5.56 Å². The maximum absolute atomic E-state index is 11.7. The number of carbonyl (C=O) groups is 1. The molecule has 1 atom stereocenters. The molecule has 0 saturated heterocycles. The fourth-order valence-corrected chi connectivity index (χ4v) is 1.33. The summed E-state index contributed by atoms with van der Waals surface area (Å²) in [7, 11) is 0. The molecule has 0 aliphatic heterocycles. The molecule has 1 aromatic carbocycles. The number of rotatable bonds is 4. The Kier molecular flexibility index (Phi) is 4.17. The minimum atomic E-state index is -0.692. The maximum atomic E-state index is 11.7. The lowest BCUT2D eigenvalue weighted by atomic mass is 10.1. The maximum Gasteiger partial charge on any atom is 0.282 e. The van der Waals surface area contributed by atoms with E-state index in [0.29, 0.717) is 0 Å². The molecule has 2 N–H and O–H groups in total. The summed E-state index contributed by atoms with van der Waals surface area (Å²) in [5.74, 6) is -0.554. The largest absolute Gasteiger partial charge is 0.392 e. The molecule has 0 aliphatic rings. The summed E-state index contributed by atoms with van der Waals surface area (Å²) < 4.78 is 0. The zero-order valence-corrected chi connectivity index (χ0v) is 9.64. The topological polar surface area (TPSA) is 92.5 Å². The molecule has 6 nitrogen and oxygen atoms in total. The first-order valence-corrected chi connectivity index (χ1v) is 5.13. The summed E-state index contributed by atoms with van der Waals surface area (Å²) in [6.07, 6.45) is -0.692. The highest BCUT2D eigenvalue weighted by Gasteiger charge is 2.19. The molecule has 0 fully saturated rings. The average molecular weight is 238 g/mol. The number of hydrogen-bond acceptors (Lipinski definition) is 4. The van der Waals surface area contributed by atoms with Gasteiger partial charge < -0.3 is 10.4 Å². The van der Waals surface area contributed by atoms with Crippen molar-refractivity contribution in [3.05, 3.63) is 39.4 Å². The van der Waals surface area contributed by atoms with Crippen LogP contribution in [0.4, 0.5) is 5.69 Å². The van der Waals surface area contributed by atoms with Crippen molar-refractivity contribution in [1.82, 2.24) is 5.32 Å². The van der Waals surface area contributed by atoms with Gasteiger partial charge in [0, 0.05) is 12.6 Å². The van der Waals surface area contributed by atoms with Crippen LogP contribution in [0.2, 0.25) is 0 Å². The van der Waals surface area contributed by atoms with Gasteiger partial charge in [-0.25, -0.2) is 0 Å². The third-order valence-electron chi connectivity index (χ3n) is 2.15. The number of benzene rings is 1. The molecule has 0 heterocycles. The number of amides is 1. The number of carbonyl (C=O) groups excluding carboxylic acids is 1. The van der Waals surface area contributed by atoms with Gasteiger partial charge in [-0.05, 0) is 25.5 Å². The number of nitrogens with one attached hydrogen (secondary N) is 1. The van der Waals surface area contributed by atoms with E-state index in [9.17, 15) is 14.9 Å². The van der Waals surface area contributed by atoms with E-state index >= 15 is 0 Å². The molecule has 6 heteroatoms. The van der Waals surface area contributed by atoms with Crippen molar-refractivity contribution in [2.45, 2.75) is 20.0 Å². The number of aryl methyl sites for hydroxylation is 1. The van der Waals surface area contributed by atoms with Crippen LogP contribution in [-0.2, 0) is 0 Å². The van der Waals surface area contributed by atoms with Gasteiger partial charge in [0.2, 0.25) is 0 Å². The van der Waals surface area contributed by atoms with Crippen LogP contribution in [0, 0.1) is 17.0 Å². The van der Waals surface area contributed by atoms with Crippen LogP contribution in [0.3, 0.4) is 0 Å². The van der Waals surface area contributed by atoms with E-state index in [1.165, 1.54) is 19.1 Å². The van der Waals surface area contributed by atoms with Crippen molar-refractivity contribution in [2.75, 3.05) is 6.54 Å². The van der Waals surface area contributed by atoms with Crippen LogP contribution in [0.5, 0.6) is 0 Å². The summed E-state index contributed by atoms with van der Waals surface area (Å²) in [5.41, 5.74) is 0.534. The van der Waals surface area contributed by atoms with Crippen LogP contribution in [0.1, 0.15) is 22.8 Å². The molecule has 0 bridgehead atoms. The predicted octanol–water partition coefficient (Wildman–Crippen LogP) is 1.01. The number of nitro groups is 1. The number of nitrogens with zero attached hydrogens (tertiary/aromatic N) is 1. The smallest absolute Gasteiger partial charge is 0.282 e. The first kappa shape index (κ1) is 13.1. The molecule has 0 aromatic heterocycles. The number of aliphatic hydroxyl groups excluding tert-OH is 1. The van der Waals surface area contributed by atoms with Gasteiger partial charge in [0.15, 0.2) is 0 Å². The molecule has 1 aromatic rings. The van der Waals surface area contributed by atoms with Crippen molar-refractivity contribution in [2.24, 2.45) is 0 Å². The second-order valence-electron chi connectivity index (χ2n) is 3.84. The molecule has 1 rings (SSSR count). The van der Waals surface area contributed by atoms with Crippen LogP contribution < -0.4 is 5.32 Å². The Morgan fingerprint density at radius 3 is 2.76 bits per heavy atom. The normalized spacial score (nSPS) is 11.9. The second-order valence-corrected chi connectivity index (χ2v) is 3.84. The van der Waals surface area contributed by atoms with Crippen LogP contribution in [-0.4, -0.2) is 28.6 Å². The minimum absolute atomic E-state index is 0.00986. The molecule has 0 spiro atoms. The first-order valence-electron chi connectivity index (χ1n) is 5.13. The number of aliphatic hydroxyl groups is 1. The second kappa shape index (κ2) is 5.40. The highest BCUT2D eigenvalue weighted by atomic mass is 16.6. The average Bonchev–Trinajstić information content (AvgIpc) is 2.25. The fraction of sp³-hybridized carbons (Fsp3) is 0.364. The van der Waals surface area contributed by atoms with Crippen molar-refractivity contribution in [3.63, 3.8) is 0 Å².